The van der Waals surface area contributed by atoms with Crippen molar-refractivity contribution in [2.75, 3.05) is 6.54 Å². The Bertz CT molecular complexity index is 507. The molecule has 1 amide bonds. The minimum atomic E-state index is -0.859. The Morgan fingerprint density at radius 3 is 2.68 bits per heavy atom. The summed E-state index contributed by atoms with van der Waals surface area (Å²) in [4.78, 5) is 23.2. The van der Waals surface area contributed by atoms with Gasteiger partial charge in [0.1, 0.15) is 6.04 Å². The van der Waals surface area contributed by atoms with E-state index in [0.29, 0.717) is 12.8 Å². The van der Waals surface area contributed by atoms with E-state index in [2.05, 4.69) is 16.2 Å². The van der Waals surface area contributed by atoms with Crippen LogP contribution in [0.3, 0.4) is 0 Å². The molecule has 2 rings (SSSR count). The number of amides is 1. The second-order valence-corrected chi connectivity index (χ2v) is 5.61. The van der Waals surface area contributed by atoms with Gasteiger partial charge in [0.05, 0.1) is 5.92 Å². The highest BCUT2D eigenvalue weighted by atomic mass is 16.4. The Kier molecular flexibility index (Phi) is 5.91. The minimum Gasteiger partial charge on any atom is -0.481 e. The van der Waals surface area contributed by atoms with E-state index in [9.17, 15) is 9.59 Å². The first kappa shape index (κ1) is 16.5. The van der Waals surface area contributed by atoms with Crippen LogP contribution in [0.5, 0.6) is 0 Å². The van der Waals surface area contributed by atoms with Gasteiger partial charge in [-0.3, -0.25) is 9.59 Å². The fraction of sp³-hybridized carbons (Fsp3) is 0.500. The normalized spacial score (nSPS) is 22.2. The molecule has 3 atom stereocenters. The molecule has 3 unspecified atom stereocenters. The zero-order chi connectivity index (χ0) is 15.9. The summed E-state index contributed by atoms with van der Waals surface area (Å²) < 4.78 is 0. The van der Waals surface area contributed by atoms with E-state index in [4.69, 9.17) is 5.11 Å². The third-order valence-corrected chi connectivity index (χ3v) is 3.93. The van der Waals surface area contributed by atoms with Crippen LogP contribution in [0.15, 0.2) is 30.3 Å². The lowest BCUT2D eigenvalue weighted by atomic mass is 10.0. The minimum absolute atomic E-state index is 0.0860. The number of hydrazine groups is 1. The molecular weight excluding hydrogens is 282 g/mol. The molecule has 1 aliphatic rings. The molecule has 6 nitrogen and oxygen atoms in total. The molecule has 0 spiro atoms. The summed E-state index contributed by atoms with van der Waals surface area (Å²) in [5.41, 5.74) is 7.22. The standard InChI is InChI=1S/C16H23N3O3/c1-2-6-12(16(21)22)10-17-15(20)14-9-13(18-19-14)11-7-4-3-5-8-11/h3-5,7-8,12-14,18-19H,2,6,9-10H2,1H3,(H,17,20)(H,21,22). The van der Waals surface area contributed by atoms with Crippen molar-refractivity contribution in [2.45, 2.75) is 38.3 Å². The van der Waals surface area contributed by atoms with Gasteiger partial charge in [0.2, 0.25) is 5.91 Å². The number of benzene rings is 1. The van der Waals surface area contributed by atoms with Gasteiger partial charge in [0, 0.05) is 12.6 Å². The number of hydrogen-bond acceptors (Lipinski definition) is 4. The van der Waals surface area contributed by atoms with Crippen LogP contribution in [0.4, 0.5) is 0 Å². The van der Waals surface area contributed by atoms with Crippen LogP contribution in [0.2, 0.25) is 0 Å². The van der Waals surface area contributed by atoms with Crippen LogP contribution in [0, 0.1) is 5.92 Å². The molecule has 1 aromatic carbocycles. The second kappa shape index (κ2) is 7.91. The number of carbonyl (C=O) groups excluding carboxylic acids is 1. The number of carbonyl (C=O) groups is 2. The summed E-state index contributed by atoms with van der Waals surface area (Å²) in [6.45, 7) is 2.11. The van der Waals surface area contributed by atoms with Gasteiger partial charge < -0.3 is 10.4 Å². The van der Waals surface area contributed by atoms with Gasteiger partial charge in [-0.1, -0.05) is 43.7 Å². The van der Waals surface area contributed by atoms with E-state index in [1.165, 1.54) is 0 Å². The number of carboxylic acids is 1. The van der Waals surface area contributed by atoms with Crippen molar-refractivity contribution in [1.82, 2.24) is 16.2 Å². The van der Waals surface area contributed by atoms with Crippen LogP contribution in [-0.4, -0.2) is 29.6 Å². The summed E-state index contributed by atoms with van der Waals surface area (Å²) >= 11 is 0. The average Bonchev–Trinajstić information content (AvgIpc) is 3.01. The number of rotatable bonds is 7. The van der Waals surface area contributed by atoms with Crippen LogP contribution in [-0.2, 0) is 9.59 Å². The van der Waals surface area contributed by atoms with E-state index in [1.54, 1.807) is 0 Å². The molecule has 120 valence electrons. The van der Waals surface area contributed by atoms with Gasteiger partial charge in [-0.15, -0.1) is 0 Å². The molecule has 1 aliphatic heterocycles. The van der Waals surface area contributed by atoms with Crippen LogP contribution >= 0.6 is 0 Å². The Labute approximate surface area is 130 Å². The van der Waals surface area contributed by atoms with Gasteiger partial charge >= 0.3 is 5.97 Å². The van der Waals surface area contributed by atoms with Gasteiger partial charge in [-0.2, -0.15) is 0 Å². The highest BCUT2D eigenvalue weighted by Gasteiger charge is 2.30. The summed E-state index contributed by atoms with van der Waals surface area (Å²) in [5, 5.41) is 11.8. The maximum absolute atomic E-state index is 12.1. The fourth-order valence-corrected chi connectivity index (χ4v) is 2.64. The Hall–Kier alpha value is -1.92. The molecule has 1 saturated heterocycles. The smallest absolute Gasteiger partial charge is 0.308 e. The largest absolute Gasteiger partial charge is 0.481 e. The number of hydrogen-bond donors (Lipinski definition) is 4. The van der Waals surface area contributed by atoms with Crippen molar-refractivity contribution < 1.29 is 14.7 Å². The lowest BCUT2D eigenvalue weighted by Gasteiger charge is -2.15. The van der Waals surface area contributed by atoms with E-state index >= 15 is 0 Å². The predicted molar refractivity (Wildman–Crippen MR) is 82.9 cm³/mol. The number of carboxylic acid groups (broad SMARTS) is 1. The molecule has 4 N–H and O–H groups in total. The molecular formula is C16H23N3O3. The van der Waals surface area contributed by atoms with Crippen molar-refractivity contribution in [3.8, 4) is 0 Å². The number of aliphatic carboxylic acids is 1. The lowest BCUT2D eigenvalue weighted by molar-refractivity contribution is -0.142. The lowest BCUT2D eigenvalue weighted by Crippen LogP contribution is -2.45. The van der Waals surface area contributed by atoms with Gasteiger partial charge in [0.15, 0.2) is 0 Å². The summed E-state index contributed by atoms with van der Waals surface area (Å²) in [7, 11) is 0. The first-order chi connectivity index (χ1) is 10.6. The monoisotopic (exact) mass is 305 g/mol. The zero-order valence-electron chi connectivity index (χ0n) is 12.7. The first-order valence-electron chi connectivity index (χ1n) is 7.68. The maximum atomic E-state index is 12.1. The van der Waals surface area contributed by atoms with Crippen molar-refractivity contribution in [3.05, 3.63) is 35.9 Å². The molecule has 1 heterocycles. The molecule has 0 aromatic heterocycles. The average molecular weight is 305 g/mol. The molecule has 0 radical (unpaired) electrons. The van der Waals surface area contributed by atoms with E-state index in [-0.39, 0.29) is 24.5 Å². The van der Waals surface area contributed by atoms with Crippen molar-refractivity contribution in [2.24, 2.45) is 5.92 Å². The molecule has 0 saturated carbocycles. The molecule has 22 heavy (non-hydrogen) atoms. The number of nitrogens with one attached hydrogen (secondary N) is 3. The zero-order valence-corrected chi connectivity index (χ0v) is 12.7. The second-order valence-electron chi connectivity index (χ2n) is 5.61. The van der Waals surface area contributed by atoms with E-state index < -0.39 is 11.9 Å². The van der Waals surface area contributed by atoms with E-state index in [0.717, 1.165) is 12.0 Å². The predicted octanol–water partition coefficient (Wildman–Crippen LogP) is 1.21. The maximum Gasteiger partial charge on any atom is 0.308 e. The highest BCUT2D eigenvalue weighted by molar-refractivity contribution is 5.82. The summed E-state index contributed by atoms with van der Waals surface area (Å²) in [6, 6.07) is 9.65. The molecule has 0 aliphatic carbocycles. The highest BCUT2D eigenvalue weighted by Crippen LogP contribution is 2.21. The third kappa shape index (κ3) is 4.29. The topological polar surface area (TPSA) is 90.5 Å². The van der Waals surface area contributed by atoms with Crippen LogP contribution < -0.4 is 16.2 Å². The van der Waals surface area contributed by atoms with Gasteiger partial charge in [-0.05, 0) is 18.4 Å². The SMILES string of the molecule is CCCC(CNC(=O)C1CC(c2ccccc2)NN1)C(=O)O. The Morgan fingerprint density at radius 2 is 2.05 bits per heavy atom. The Morgan fingerprint density at radius 1 is 1.32 bits per heavy atom. The fourth-order valence-electron chi connectivity index (χ4n) is 2.64. The van der Waals surface area contributed by atoms with Crippen molar-refractivity contribution in [1.29, 1.82) is 0 Å². The third-order valence-electron chi connectivity index (χ3n) is 3.93. The first-order valence-corrected chi connectivity index (χ1v) is 7.68. The quantitative estimate of drug-likeness (QED) is 0.608. The van der Waals surface area contributed by atoms with Crippen molar-refractivity contribution >= 4 is 11.9 Å². The Balaban J connectivity index is 1.83. The summed E-state index contributed by atoms with van der Waals surface area (Å²) in [6.07, 6.45) is 1.99. The van der Waals surface area contributed by atoms with Crippen LogP contribution in [0.1, 0.15) is 37.8 Å². The van der Waals surface area contributed by atoms with E-state index in [1.807, 2.05) is 37.3 Å². The molecule has 0 bridgehead atoms. The van der Waals surface area contributed by atoms with Crippen molar-refractivity contribution in [3.63, 3.8) is 0 Å². The van der Waals surface area contributed by atoms with Crippen LogP contribution in [0.25, 0.3) is 0 Å². The molecule has 6 heteroatoms. The molecule has 1 aromatic rings. The van der Waals surface area contributed by atoms with Gasteiger partial charge in [-0.25, -0.2) is 10.9 Å². The van der Waals surface area contributed by atoms with Gasteiger partial charge in [0.25, 0.3) is 0 Å². The molecule has 1 fully saturated rings. The summed E-state index contributed by atoms with van der Waals surface area (Å²) in [5.74, 6) is -1.54.